The Bertz CT molecular complexity index is 731. The van der Waals surface area contributed by atoms with Gasteiger partial charge in [0.1, 0.15) is 10.7 Å². The van der Waals surface area contributed by atoms with E-state index < -0.39 is 0 Å². The summed E-state index contributed by atoms with van der Waals surface area (Å²) in [5, 5.41) is 12.5. The van der Waals surface area contributed by atoms with Crippen molar-refractivity contribution in [2.75, 3.05) is 6.61 Å². The minimum atomic E-state index is -0.218. The van der Waals surface area contributed by atoms with E-state index in [-0.39, 0.29) is 30.5 Å². The zero-order valence-electron chi connectivity index (χ0n) is 13.0. The van der Waals surface area contributed by atoms with Gasteiger partial charge < -0.3 is 15.4 Å². The molecular formula is C15H21N3O3S. The van der Waals surface area contributed by atoms with Crippen LogP contribution in [0.1, 0.15) is 36.0 Å². The first-order valence-corrected chi connectivity index (χ1v) is 8.17. The number of aryl methyl sites for hydroxylation is 3. The molecule has 1 amide bonds. The molecule has 0 aliphatic rings. The second-order valence-electron chi connectivity index (χ2n) is 5.33. The molecule has 0 saturated carbocycles. The first kappa shape index (κ1) is 16.6. The highest BCUT2D eigenvalue weighted by atomic mass is 32.1. The highest BCUT2D eigenvalue weighted by Crippen LogP contribution is 2.25. The van der Waals surface area contributed by atoms with Crippen LogP contribution < -0.4 is 10.9 Å². The molecule has 1 unspecified atom stereocenters. The lowest BCUT2D eigenvalue weighted by Crippen LogP contribution is -2.37. The summed E-state index contributed by atoms with van der Waals surface area (Å²) < 4.78 is 0. The third-order valence-electron chi connectivity index (χ3n) is 3.76. The summed E-state index contributed by atoms with van der Waals surface area (Å²) in [6, 6.07) is -0.218. The summed E-state index contributed by atoms with van der Waals surface area (Å²) >= 11 is 1.49. The van der Waals surface area contributed by atoms with Gasteiger partial charge in [-0.2, -0.15) is 0 Å². The van der Waals surface area contributed by atoms with Crippen LogP contribution in [0.25, 0.3) is 10.2 Å². The third-order valence-corrected chi connectivity index (χ3v) is 4.86. The van der Waals surface area contributed by atoms with Crippen LogP contribution in [0.3, 0.4) is 0 Å². The van der Waals surface area contributed by atoms with Crippen molar-refractivity contribution in [3.05, 3.63) is 26.6 Å². The maximum absolute atomic E-state index is 12.1. The van der Waals surface area contributed by atoms with E-state index in [9.17, 15) is 9.59 Å². The summed E-state index contributed by atoms with van der Waals surface area (Å²) in [5.41, 5.74) is 0.816. The smallest absolute Gasteiger partial charge is 0.259 e. The molecule has 22 heavy (non-hydrogen) atoms. The number of hydrogen-bond donors (Lipinski definition) is 3. The van der Waals surface area contributed by atoms with Crippen LogP contribution in [0.4, 0.5) is 0 Å². The molecule has 6 nitrogen and oxygen atoms in total. The number of thiophene rings is 1. The minimum absolute atomic E-state index is 0.0724. The van der Waals surface area contributed by atoms with Crippen LogP contribution in [0, 0.1) is 13.8 Å². The van der Waals surface area contributed by atoms with Gasteiger partial charge >= 0.3 is 0 Å². The van der Waals surface area contributed by atoms with Crippen molar-refractivity contribution in [3.8, 4) is 0 Å². The van der Waals surface area contributed by atoms with E-state index in [1.54, 1.807) is 0 Å². The fourth-order valence-electron chi connectivity index (χ4n) is 2.23. The number of amides is 1. The van der Waals surface area contributed by atoms with E-state index in [1.165, 1.54) is 11.3 Å². The van der Waals surface area contributed by atoms with Gasteiger partial charge in [0.05, 0.1) is 18.0 Å². The van der Waals surface area contributed by atoms with Crippen molar-refractivity contribution in [1.82, 2.24) is 15.3 Å². The number of nitrogens with zero attached hydrogens (tertiary/aromatic N) is 1. The van der Waals surface area contributed by atoms with E-state index in [0.717, 1.165) is 15.3 Å². The van der Waals surface area contributed by atoms with E-state index in [4.69, 9.17) is 5.11 Å². The number of hydrogen-bond acceptors (Lipinski definition) is 5. The minimum Gasteiger partial charge on any atom is -0.394 e. The van der Waals surface area contributed by atoms with Crippen LogP contribution in [0.15, 0.2) is 4.79 Å². The highest BCUT2D eigenvalue weighted by molar-refractivity contribution is 7.18. The lowest BCUT2D eigenvalue weighted by molar-refractivity contribution is -0.122. The Kier molecular flexibility index (Phi) is 5.31. The number of H-pyrrole nitrogens is 1. The Morgan fingerprint density at radius 3 is 2.82 bits per heavy atom. The largest absolute Gasteiger partial charge is 0.394 e. The van der Waals surface area contributed by atoms with Crippen molar-refractivity contribution in [2.45, 2.75) is 46.1 Å². The Morgan fingerprint density at radius 2 is 2.18 bits per heavy atom. The van der Waals surface area contributed by atoms with Crippen molar-refractivity contribution in [1.29, 1.82) is 0 Å². The number of carbonyl (C=O) groups is 1. The van der Waals surface area contributed by atoms with Gasteiger partial charge in [0.15, 0.2) is 0 Å². The SMILES string of the molecule is CCC(CO)NC(=O)CCc1nc2sc(C)c(C)c2c(=O)[nH]1. The maximum Gasteiger partial charge on any atom is 0.259 e. The number of nitrogens with one attached hydrogen (secondary N) is 2. The summed E-state index contributed by atoms with van der Waals surface area (Å²) in [6.45, 7) is 5.71. The zero-order chi connectivity index (χ0) is 16.3. The molecule has 120 valence electrons. The van der Waals surface area contributed by atoms with Crippen molar-refractivity contribution >= 4 is 27.5 Å². The molecule has 2 aromatic heterocycles. The first-order valence-electron chi connectivity index (χ1n) is 7.35. The second-order valence-corrected chi connectivity index (χ2v) is 6.53. The molecule has 2 heterocycles. The number of fused-ring (bicyclic) bond motifs is 1. The summed E-state index contributed by atoms with van der Waals surface area (Å²) in [5.74, 6) is 0.369. The van der Waals surface area contributed by atoms with Gasteiger partial charge in [-0.3, -0.25) is 9.59 Å². The average Bonchev–Trinajstić information content (AvgIpc) is 2.77. The Hall–Kier alpha value is -1.73. The third kappa shape index (κ3) is 3.53. The van der Waals surface area contributed by atoms with Gasteiger partial charge in [-0.15, -0.1) is 11.3 Å². The summed E-state index contributed by atoms with van der Waals surface area (Å²) in [7, 11) is 0. The molecule has 2 rings (SSSR count). The molecule has 1 atom stereocenters. The number of aromatic nitrogens is 2. The van der Waals surface area contributed by atoms with Crippen LogP contribution in [-0.4, -0.2) is 33.6 Å². The Morgan fingerprint density at radius 1 is 1.45 bits per heavy atom. The van der Waals surface area contributed by atoms with Gasteiger partial charge in [0.2, 0.25) is 5.91 Å². The van der Waals surface area contributed by atoms with E-state index in [0.29, 0.717) is 24.1 Å². The first-order chi connectivity index (χ1) is 10.5. The zero-order valence-corrected chi connectivity index (χ0v) is 13.8. The lowest BCUT2D eigenvalue weighted by Gasteiger charge is -2.13. The number of carbonyl (C=O) groups excluding carboxylic acids is 1. The standard InChI is InChI=1S/C15H21N3O3S/c1-4-10(7-19)16-12(20)6-5-11-17-14(21)13-8(2)9(3)22-15(13)18-11/h10,19H,4-7H2,1-3H3,(H,16,20)(H,17,18,21). The van der Waals surface area contributed by atoms with E-state index in [1.807, 2.05) is 20.8 Å². The van der Waals surface area contributed by atoms with Crippen molar-refractivity contribution in [2.24, 2.45) is 0 Å². The Labute approximate surface area is 132 Å². The molecule has 0 radical (unpaired) electrons. The summed E-state index contributed by atoms with van der Waals surface area (Å²) in [4.78, 5) is 32.9. The Balaban J connectivity index is 2.09. The molecular weight excluding hydrogens is 302 g/mol. The number of rotatable bonds is 6. The van der Waals surface area contributed by atoms with Crippen molar-refractivity contribution < 1.29 is 9.90 Å². The second kappa shape index (κ2) is 7.02. The van der Waals surface area contributed by atoms with E-state index >= 15 is 0 Å². The quantitative estimate of drug-likeness (QED) is 0.749. The van der Waals surface area contributed by atoms with Crippen LogP contribution in [0.2, 0.25) is 0 Å². The maximum atomic E-state index is 12.1. The molecule has 7 heteroatoms. The monoisotopic (exact) mass is 323 g/mol. The molecule has 0 spiro atoms. The molecule has 0 saturated heterocycles. The molecule has 0 aliphatic carbocycles. The van der Waals surface area contributed by atoms with Crippen LogP contribution in [-0.2, 0) is 11.2 Å². The van der Waals surface area contributed by atoms with Crippen LogP contribution >= 0.6 is 11.3 Å². The summed E-state index contributed by atoms with van der Waals surface area (Å²) in [6.07, 6.45) is 1.28. The molecule has 0 aromatic carbocycles. The molecule has 0 fully saturated rings. The van der Waals surface area contributed by atoms with Gasteiger partial charge in [0, 0.05) is 17.7 Å². The molecule has 0 bridgehead atoms. The highest BCUT2D eigenvalue weighted by Gasteiger charge is 2.13. The van der Waals surface area contributed by atoms with Crippen LogP contribution in [0.5, 0.6) is 0 Å². The molecule has 3 N–H and O–H groups in total. The fourth-order valence-corrected chi connectivity index (χ4v) is 3.28. The number of aromatic amines is 1. The fraction of sp³-hybridized carbons (Fsp3) is 0.533. The van der Waals surface area contributed by atoms with Gasteiger partial charge in [0.25, 0.3) is 5.56 Å². The van der Waals surface area contributed by atoms with Gasteiger partial charge in [-0.1, -0.05) is 6.92 Å². The van der Waals surface area contributed by atoms with E-state index in [2.05, 4.69) is 15.3 Å². The average molecular weight is 323 g/mol. The topological polar surface area (TPSA) is 95.1 Å². The number of aliphatic hydroxyl groups excluding tert-OH is 1. The normalized spacial score (nSPS) is 12.5. The molecule has 2 aromatic rings. The number of aliphatic hydroxyl groups is 1. The predicted octanol–water partition coefficient (Wildman–Crippen LogP) is 1.42. The molecule has 0 aliphatic heterocycles. The van der Waals surface area contributed by atoms with Gasteiger partial charge in [-0.25, -0.2) is 4.98 Å². The van der Waals surface area contributed by atoms with Gasteiger partial charge in [-0.05, 0) is 25.8 Å². The van der Waals surface area contributed by atoms with Crippen molar-refractivity contribution in [3.63, 3.8) is 0 Å². The lowest BCUT2D eigenvalue weighted by atomic mass is 10.2. The predicted molar refractivity (Wildman–Crippen MR) is 87.3 cm³/mol.